The number of nitrogens with zero attached hydrogens (tertiary/aromatic N) is 2. The summed E-state index contributed by atoms with van der Waals surface area (Å²) in [6.45, 7) is 0.258. The van der Waals surface area contributed by atoms with Crippen molar-refractivity contribution >= 4 is 12.0 Å². The monoisotopic (exact) mass is 348 g/mol. The van der Waals surface area contributed by atoms with Crippen LogP contribution >= 0.6 is 0 Å². The molecule has 1 fully saturated rings. The van der Waals surface area contributed by atoms with Gasteiger partial charge in [-0.3, -0.25) is 4.79 Å². The standard InChI is InChI=1S/C11H13N2O3.HI/c1-12-5-2-9(3-6-12)4-7-13-10(14)8-16-11(13)15;/h2-3,5-6H,4,7-8H2,1H3;1H/q+1;/p-1. The number of hydrogen-bond donors (Lipinski definition) is 0. The first-order valence-electron chi connectivity index (χ1n) is 5.08. The van der Waals surface area contributed by atoms with Gasteiger partial charge in [-0.15, -0.1) is 0 Å². The Morgan fingerprint density at radius 1 is 1.35 bits per heavy atom. The summed E-state index contributed by atoms with van der Waals surface area (Å²) < 4.78 is 6.55. The summed E-state index contributed by atoms with van der Waals surface area (Å²) in [5, 5.41) is 0. The third-order valence-electron chi connectivity index (χ3n) is 2.51. The Kier molecular flexibility index (Phi) is 4.86. The van der Waals surface area contributed by atoms with Crippen LogP contribution in [0.15, 0.2) is 24.5 Å². The van der Waals surface area contributed by atoms with Gasteiger partial charge in [-0.25, -0.2) is 14.3 Å². The number of ether oxygens (including phenoxy) is 1. The lowest BCUT2D eigenvalue weighted by Gasteiger charge is -2.09. The number of imide groups is 1. The third-order valence-corrected chi connectivity index (χ3v) is 2.51. The van der Waals surface area contributed by atoms with Gasteiger partial charge in [0.05, 0.1) is 0 Å². The Labute approximate surface area is 116 Å². The Morgan fingerprint density at radius 3 is 2.53 bits per heavy atom. The minimum Gasteiger partial charge on any atom is -1.00 e. The summed E-state index contributed by atoms with van der Waals surface area (Å²) in [4.78, 5) is 23.5. The minimum atomic E-state index is -0.536. The molecule has 0 spiro atoms. The van der Waals surface area contributed by atoms with Crippen molar-refractivity contribution in [2.24, 2.45) is 7.05 Å². The molecule has 0 N–H and O–H groups in total. The number of carbonyl (C=O) groups is 2. The van der Waals surface area contributed by atoms with E-state index in [-0.39, 0.29) is 36.5 Å². The molecule has 92 valence electrons. The van der Waals surface area contributed by atoms with Gasteiger partial charge in [-0.2, -0.15) is 0 Å². The third kappa shape index (κ3) is 3.39. The fourth-order valence-corrected chi connectivity index (χ4v) is 1.54. The van der Waals surface area contributed by atoms with E-state index in [9.17, 15) is 9.59 Å². The van der Waals surface area contributed by atoms with Crippen LogP contribution in [0.2, 0.25) is 0 Å². The molecule has 0 aliphatic carbocycles. The molecule has 2 heterocycles. The molecule has 1 aliphatic rings. The first-order chi connectivity index (χ1) is 7.66. The molecule has 1 aromatic heterocycles. The molecule has 5 nitrogen and oxygen atoms in total. The van der Waals surface area contributed by atoms with E-state index in [1.807, 2.05) is 36.1 Å². The molecule has 0 saturated carbocycles. The summed E-state index contributed by atoms with van der Waals surface area (Å²) >= 11 is 0. The highest BCUT2D eigenvalue weighted by atomic mass is 127. The van der Waals surface area contributed by atoms with Gasteiger partial charge in [0.25, 0.3) is 5.91 Å². The van der Waals surface area contributed by atoms with Gasteiger partial charge < -0.3 is 28.7 Å². The van der Waals surface area contributed by atoms with Crippen LogP contribution in [-0.4, -0.2) is 30.1 Å². The SMILES string of the molecule is C[n+]1ccc(CCN2C(=O)COC2=O)cc1.[I-]. The second-order valence-corrected chi connectivity index (χ2v) is 3.72. The number of pyridine rings is 1. The summed E-state index contributed by atoms with van der Waals surface area (Å²) in [6, 6.07) is 3.93. The summed E-state index contributed by atoms with van der Waals surface area (Å²) in [5.74, 6) is -0.258. The number of cyclic esters (lactones) is 1. The zero-order valence-electron chi connectivity index (χ0n) is 9.43. The van der Waals surface area contributed by atoms with Crippen LogP contribution < -0.4 is 28.5 Å². The van der Waals surface area contributed by atoms with Gasteiger partial charge in [0.1, 0.15) is 7.05 Å². The zero-order chi connectivity index (χ0) is 11.5. The predicted molar refractivity (Wildman–Crippen MR) is 54.4 cm³/mol. The molecule has 2 rings (SSSR count). The van der Waals surface area contributed by atoms with Crippen molar-refractivity contribution in [3.05, 3.63) is 30.1 Å². The fraction of sp³-hybridized carbons (Fsp3) is 0.364. The topological polar surface area (TPSA) is 50.5 Å². The van der Waals surface area contributed by atoms with Crippen molar-refractivity contribution in [3.8, 4) is 0 Å². The molecule has 1 aromatic rings. The quantitative estimate of drug-likeness (QED) is 0.433. The molecule has 0 radical (unpaired) electrons. The Bertz CT molecular complexity index is 403. The number of aryl methyl sites for hydroxylation is 1. The van der Waals surface area contributed by atoms with Gasteiger partial charge in [-0.1, -0.05) is 0 Å². The van der Waals surface area contributed by atoms with E-state index in [2.05, 4.69) is 4.74 Å². The van der Waals surface area contributed by atoms with E-state index in [1.165, 1.54) is 0 Å². The Balaban J connectivity index is 0.00000144. The summed E-state index contributed by atoms with van der Waals surface area (Å²) in [7, 11) is 1.94. The zero-order valence-corrected chi connectivity index (χ0v) is 11.6. The molecule has 6 heteroatoms. The maximum absolute atomic E-state index is 11.2. The number of rotatable bonds is 3. The van der Waals surface area contributed by atoms with Crippen molar-refractivity contribution in [1.82, 2.24) is 4.90 Å². The van der Waals surface area contributed by atoms with E-state index < -0.39 is 6.09 Å². The van der Waals surface area contributed by atoms with Crippen molar-refractivity contribution < 1.29 is 42.9 Å². The predicted octanol–water partition coefficient (Wildman–Crippen LogP) is -2.96. The van der Waals surface area contributed by atoms with E-state index in [0.717, 1.165) is 10.5 Å². The molecule has 17 heavy (non-hydrogen) atoms. The Hall–Kier alpha value is -1.18. The lowest BCUT2D eigenvalue weighted by Crippen LogP contribution is -3.00. The molecule has 0 unspecified atom stereocenters. The molecule has 2 amide bonds. The lowest BCUT2D eigenvalue weighted by molar-refractivity contribution is -0.671. The van der Waals surface area contributed by atoms with Crippen LogP contribution in [0, 0.1) is 0 Å². The van der Waals surface area contributed by atoms with Crippen molar-refractivity contribution in [3.63, 3.8) is 0 Å². The van der Waals surface area contributed by atoms with Crippen LogP contribution in [0.3, 0.4) is 0 Å². The second-order valence-electron chi connectivity index (χ2n) is 3.72. The minimum absolute atomic E-state index is 0. The van der Waals surface area contributed by atoms with Gasteiger partial charge >= 0.3 is 6.09 Å². The first kappa shape index (κ1) is 13.9. The number of hydrogen-bond acceptors (Lipinski definition) is 3. The fourth-order valence-electron chi connectivity index (χ4n) is 1.54. The highest BCUT2D eigenvalue weighted by Crippen LogP contribution is 2.07. The van der Waals surface area contributed by atoms with Gasteiger partial charge in [0.2, 0.25) is 0 Å². The van der Waals surface area contributed by atoms with Crippen molar-refractivity contribution in [2.45, 2.75) is 6.42 Å². The maximum Gasteiger partial charge on any atom is 0.417 e. The van der Waals surface area contributed by atoms with E-state index in [4.69, 9.17) is 0 Å². The van der Waals surface area contributed by atoms with Gasteiger partial charge in [0, 0.05) is 18.7 Å². The van der Waals surface area contributed by atoms with Crippen molar-refractivity contribution in [1.29, 1.82) is 0 Å². The van der Waals surface area contributed by atoms with E-state index >= 15 is 0 Å². The average Bonchev–Trinajstić information content (AvgIpc) is 2.59. The number of halogens is 1. The van der Waals surface area contributed by atoms with Crippen LogP contribution in [0.25, 0.3) is 0 Å². The average molecular weight is 348 g/mol. The number of aromatic nitrogens is 1. The number of carbonyl (C=O) groups excluding carboxylic acids is 2. The molecular formula is C11H13IN2O3. The molecule has 0 bridgehead atoms. The normalized spacial score (nSPS) is 14.5. The Morgan fingerprint density at radius 2 is 2.00 bits per heavy atom. The van der Waals surface area contributed by atoms with E-state index in [1.54, 1.807) is 0 Å². The summed E-state index contributed by atoms with van der Waals surface area (Å²) in [6.07, 6.45) is 3.98. The largest absolute Gasteiger partial charge is 1.00 e. The second kappa shape index (κ2) is 5.95. The lowest BCUT2D eigenvalue weighted by atomic mass is 10.2. The number of amides is 2. The first-order valence-corrected chi connectivity index (χ1v) is 5.08. The molecule has 0 atom stereocenters. The van der Waals surface area contributed by atoms with Gasteiger partial charge in [-0.05, 0) is 12.0 Å². The van der Waals surface area contributed by atoms with Crippen LogP contribution in [-0.2, 0) is 23.0 Å². The van der Waals surface area contributed by atoms with Crippen LogP contribution in [0.5, 0.6) is 0 Å². The van der Waals surface area contributed by atoms with Crippen LogP contribution in [0.4, 0.5) is 4.79 Å². The summed E-state index contributed by atoms with van der Waals surface area (Å²) in [5.41, 5.74) is 1.09. The smallest absolute Gasteiger partial charge is 0.417 e. The molecule has 1 saturated heterocycles. The van der Waals surface area contributed by atoms with Crippen LogP contribution in [0.1, 0.15) is 5.56 Å². The molecule has 0 aromatic carbocycles. The maximum atomic E-state index is 11.2. The van der Waals surface area contributed by atoms with Gasteiger partial charge in [0.15, 0.2) is 19.0 Å². The van der Waals surface area contributed by atoms with Crippen molar-refractivity contribution in [2.75, 3.05) is 13.2 Å². The molecule has 1 aliphatic heterocycles. The van der Waals surface area contributed by atoms with E-state index in [0.29, 0.717) is 13.0 Å². The highest BCUT2D eigenvalue weighted by molar-refractivity contribution is 5.97. The molecular weight excluding hydrogens is 335 g/mol. The highest BCUT2D eigenvalue weighted by Gasteiger charge is 2.30.